The number of aliphatic hydroxyl groups is 2. The molecule has 3 saturated heterocycles. The Bertz CT molecular complexity index is 596. The molecule has 0 spiro atoms. The molecule has 4 unspecified atom stereocenters. The Hall–Kier alpha value is -0.990. The van der Waals surface area contributed by atoms with Gasteiger partial charge in [-0.25, -0.2) is 4.79 Å². The molecule has 0 aromatic heterocycles. The Kier molecular flexibility index (Phi) is 4.74. The van der Waals surface area contributed by atoms with Crippen molar-refractivity contribution < 1.29 is 24.5 Å². The van der Waals surface area contributed by atoms with Gasteiger partial charge in [0.25, 0.3) is 0 Å². The molecule has 0 saturated carbocycles. The lowest BCUT2D eigenvalue weighted by molar-refractivity contribution is -0.181. The number of hydrogen-bond acceptors (Lipinski definition) is 6. The number of fused-ring (bicyclic) bond motifs is 5. The van der Waals surface area contributed by atoms with Crippen LogP contribution in [0.1, 0.15) is 18.4 Å². The number of likely N-dealkylation sites (N-methyl/N-ethyl adjacent to an activating group) is 1. The molecule has 2 N–H and O–H groups in total. The third-order valence-corrected chi connectivity index (χ3v) is 5.47. The molecule has 3 fully saturated rings. The lowest BCUT2D eigenvalue weighted by Gasteiger charge is -2.38. The van der Waals surface area contributed by atoms with E-state index in [0.29, 0.717) is 18.4 Å². The van der Waals surface area contributed by atoms with Crippen molar-refractivity contribution in [1.82, 2.24) is 4.90 Å². The van der Waals surface area contributed by atoms with E-state index in [-0.39, 0.29) is 47.4 Å². The van der Waals surface area contributed by atoms with E-state index < -0.39 is 18.2 Å². The van der Waals surface area contributed by atoms with Gasteiger partial charge < -0.3 is 19.7 Å². The Morgan fingerprint density at radius 3 is 2.42 bits per heavy atom. The molecular formula is C17H22BrNO5. The Balaban J connectivity index is 0.00000169. The molecular weight excluding hydrogens is 378 g/mol. The molecule has 0 amide bonds. The zero-order valence-electron chi connectivity index (χ0n) is 13.4. The highest BCUT2D eigenvalue weighted by molar-refractivity contribution is 8.93. The highest BCUT2D eigenvalue weighted by Crippen LogP contribution is 2.48. The van der Waals surface area contributed by atoms with Crippen LogP contribution in [0.3, 0.4) is 0 Å². The van der Waals surface area contributed by atoms with Crippen molar-refractivity contribution in [3.05, 3.63) is 35.9 Å². The van der Waals surface area contributed by atoms with E-state index in [2.05, 4.69) is 11.9 Å². The largest absolute Gasteiger partial charge is 0.460 e. The maximum absolute atomic E-state index is 12.5. The summed E-state index contributed by atoms with van der Waals surface area (Å²) in [5.41, 5.74) is -1.67. The number of nitrogens with zero attached hydrogens (tertiary/aromatic N) is 1. The third-order valence-electron chi connectivity index (χ3n) is 5.47. The van der Waals surface area contributed by atoms with Gasteiger partial charge in [-0.2, -0.15) is 0 Å². The number of esters is 1. The number of piperidine rings is 1. The van der Waals surface area contributed by atoms with Crippen molar-refractivity contribution in [1.29, 1.82) is 0 Å². The first-order valence-corrected chi connectivity index (χ1v) is 8.02. The molecule has 1 aromatic rings. The molecule has 3 heterocycles. The van der Waals surface area contributed by atoms with Gasteiger partial charge in [0.15, 0.2) is 0 Å². The zero-order valence-corrected chi connectivity index (χ0v) is 15.1. The van der Waals surface area contributed by atoms with Gasteiger partial charge in [0.2, 0.25) is 5.60 Å². The number of aliphatic hydroxyl groups excluding tert-OH is 1. The molecule has 3 aliphatic heterocycles. The number of morpholine rings is 1. The van der Waals surface area contributed by atoms with Crippen molar-refractivity contribution >= 4 is 23.0 Å². The fraction of sp³-hybridized carbons (Fsp3) is 0.588. The summed E-state index contributed by atoms with van der Waals surface area (Å²) >= 11 is 0. The number of rotatable bonds is 4. The number of benzene rings is 1. The second-order valence-corrected chi connectivity index (χ2v) is 6.75. The fourth-order valence-corrected chi connectivity index (χ4v) is 4.03. The van der Waals surface area contributed by atoms with E-state index in [1.165, 1.54) is 0 Å². The normalized spacial score (nSPS) is 36.2. The summed E-state index contributed by atoms with van der Waals surface area (Å²) in [6, 6.07) is 8.98. The Morgan fingerprint density at radius 2 is 1.88 bits per heavy atom. The van der Waals surface area contributed by atoms with Crippen LogP contribution < -0.4 is 0 Å². The van der Waals surface area contributed by atoms with E-state index in [1.807, 2.05) is 0 Å². The highest BCUT2D eigenvalue weighted by Gasteiger charge is 2.63. The lowest BCUT2D eigenvalue weighted by Crippen LogP contribution is -2.50. The van der Waals surface area contributed by atoms with Crippen LogP contribution in [-0.2, 0) is 19.9 Å². The molecule has 2 bridgehead atoms. The average Bonchev–Trinajstić information content (AvgIpc) is 3.33. The lowest BCUT2D eigenvalue weighted by atomic mass is 9.94. The van der Waals surface area contributed by atoms with Crippen LogP contribution in [0.5, 0.6) is 0 Å². The molecule has 0 aliphatic carbocycles. The van der Waals surface area contributed by atoms with Crippen LogP contribution in [0.2, 0.25) is 0 Å². The van der Waals surface area contributed by atoms with Crippen LogP contribution >= 0.6 is 17.0 Å². The summed E-state index contributed by atoms with van der Waals surface area (Å²) < 4.78 is 11.2. The molecule has 4 rings (SSSR count). The quantitative estimate of drug-likeness (QED) is 0.569. The van der Waals surface area contributed by atoms with Crippen LogP contribution in [0, 0.1) is 0 Å². The minimum Gasteiger partial charge on any atom is -0.460 e. The monoisotopic (exact) mass is 399 g/mol. The van der Waals surface area contributed by atoms with Gasteiger partial charge in [-0.15, -0.1) is 17.0 Å². The molecule has 7 heteroatoms. The van der Waals surface area contributed by atoms with Crippen LogP contribution in [-0.4, -0.2) is 65.1 Å². The summed E-state index contributed by atoms with van der Waals surface area (Å²) in [7, 11) is 2.08. The third kappa shape index (κ3) is 2.68. The Morgan fingerprint density at radius 1 is 1.29 bits per heavy atom. The van der Waals surface area contributed by atoms with Crippen LogP contribution in [0.25, 0.3) is 0 Å². The second kappa shape index (κ2) is 6.38. The average molecular weight is 400 g/mol. The molecule has 5 atom stereocenters. The molecule has 1 aromatic carbocycles. The number of ether oxygens (including phenoxy) is 2. The number of halogens is 1. The summed E-state index contributed by atoms with van der Waals surface area (Å²) in [6.45, 7) is -0.705. The smallest absolute Gasteiger partial charge is 0.345 e. The molecule has 0 radical (unpaired) electrons. The topological polar surface area (TPSA) is 82.5 Å². The van der Waals surface area contributed by atoms with Gasteiger partial charge in [-0.1, -0.05) is 30.3 Å². The zero-order chi connectivity index (χ0) is 16.2. The van der Waals surface area contributed by atoms with Gasteiger partial charge in [-0.05, 0) is 12.6 Å². The first kappa shape index (κ1) is 17.8. The Labute approximate surface area is 151 Å². The number of hydrogen-bond donors (Lipinski definition) is 2. The van der Waals surface area contributed by atoms with Crippen LogP contribution in [0.15, 0.2) is 30.3 Å². The summed E-state index contributed by atoms with van der Waals surface area (Å²) in [5, 5.41) is 20.2. The van der Waals surface area contributed by atoms with Crippen molar-refractivity contribution in [2.45, 2.75) is 48.8 Å². The minimum absolute atomic E-state index is 0. The minimum atomic E-state index is -2.01. The maximum Gasteiger partial charge on any atom is 0.345 e. The first-order valence-electron chi connectivity index (χ1n) is 8.02. The summed E-state index contributed by atoms with van der Waals surface area (Å²) in [6.07, 6.45) is 1.69. The van der Waals surface area contributed by atoms with E-state index in [0.717, 1.165) is 0 Å². The summed E-state index contributed by atoms with van der Waals surface area (Å²) in [4.78, 5) is 14.8. The SMILES string of the molecule is Br.CN1C2CC(OC(=O)[C@@](O)(CO)c3ccccc3)CC1C1OC12. The molecule has 6 nitrogen and oxygen atoms in total. The van der Waals surface area contributed by atoms with Gasteiger partial charge >= 0.3 is 5.97 Å². The molecule has 24 heavy (non-hydrogen) atoms. The number of carbonyl (C=O) groups is 1. The van der Waals surface area contributed by atoms with Gasteiger partial charge in [-0.3, -0.25) is 4.90 Å². The van der Waals surface area contributed by atoms with Crippen molar-refractivity contribution in [2.24, 2.45) is 0 Å². The fourth-order valence-electron chi connectivity index (χ4n) is 4.03. The van der Waals surface area contributed by atoms with Crippen molar-refractivity contribution in [3.63, 3.8) is 0 Å². The second-order valence-electron chi connectivity index (χ2n) is 6.75. The van der Waals surface area contributed by atoms with Crippen molar-refractivity contribution in [2.75, 3.05) is 13.7 Å². The van der Waals surface area contributed by atoms with E-state index in [1.54, 1.807) is 30.3 Å². The number of epoxide rings is 1. The van der Waals surface area contributed by atoms with E-state index in [4.69, 9.17) is 9.47 Å². The first-order chi connectivity index (χ1) is 11.0. The van der Waals surface area contributed by atoms with Gasteiger partial charge in [0, 0.05) is 24.9 Å². The van der Waals surface area contributed by atoms with Crippen molar-refractivity contribution in [3.8, 4) is 0 Å². The number of carbonyl (C=O) groups excluding carboxylic acids is 1. The van der Waals surface area contributed by atoms with E-state index >= 15 is 0 Å². The van der Waals surface area contributed by atoms with Gasteiger partial charge in [0.05, 0.1) is 6.61 Å². The standard InChI is InChI=1S/C17H21NO5.BrH/c1-18-12-7-11(8-13(18)15-14(12)23-15)22-16(20)17(21,9-19)10-5-3-2-4-6-10;/h2-6,11-15,19,21H,7-9H2,1H3;1H/t11?,12?,13?,14?,15?,17-;/m1./s1. The highest BCUT2D eigenvalue weighted by atomic mass is 79.9. The summed E-state index contributed by atoms with van der Waals surface area (Å²) in [5.74, 6) is -0.783. The van der Waals surface area contributed by atoms with Crippen LogP contribution in [0.4, 0.5) is 0 Å². The predicted molar refractivity (Wildman–Crippen MR) is 90.9 cm³/mol. The molecule has 132 valence electrons. The van der Waals surface area contributed by atoms with Gasteiger partial charge in [0.1, 0.15) is 18.3 Å². The van der Waals surface area contributed by atoms with E-state index in [9.17, 15) is 15.0 Å². The maximum atomic E-state index is 12.5. The predicted octanol–water partition coefficient (Wildman–Crippen LogP) is 0.600. The molecule has 3 aliphatic rings.